The summed E-state index contributed by atoms with van der Waals surface area (Å²) >= 11 is 0. The molecule has 2 rings (SSSR count). The van der Waals surface area contributed by atoms with Gasteiger partial charge < -0.3 is 15.3 Å². The van der Waals surface area contributed by atoms with Gasteiger partial charge in [0.2, 0.25) is 5.91 Å². The molecule has 1 saturated heterocycles. The monoisotopic (exact) mass is 249 g/mol. The number of rotatable bonds is 2. The first-order chi connectivity index (χ1) is 8.59. The van der Waals surface area contributed by atoms with Crippen molar-refractivity contribution < 1.29 is 19.5 Å². The number of nitrogens with zero attached hydrogens (tertiary/aromatic N) is 2. The zero-order valence-electron chi connectivity index (χ0n) is 9.42. The van der Waals surface area contributed by atoms with E-state index in [0.717, 1.165) is 0 Å². The van der Waals surface area contributed by atoms with Gasteiger partial charge in [-0.05, 0) is 12.1 Å². The molecule has 0 aromatic carbocycles. The predicted molar refractivity (Wildman–Crippen MR) is 60.1 cm³/mol. The lowest BCUT2D eigenvalue weighted by Crippen LogP contribution is -2.50. The number of pyridine rings is 1. The molecule has 18 heavy (non-hydrogen) atoms. The minimum Gasteiger partial charge on any atom is -0.478 e. The highest BCUT2D eigenvalue weighted by Gasteiger charge is 2.26. The molecule has 2 heterocycles. The molecule has 1 fully saturated rings. The maximum Gasteiger partial charge on any atom is 0.338 e. The van der Waals surface area contributed by atoms with E-state index in [-0.39, 0.29) is 23.7 Å². The molecule has 0 bridgehead atoms. The van der Waals surface area contributed by atoms with Gasteiger partial charge in [0, 0.05) is 19.3 Å². The summed E-state index contributed by atoms with van der Waals surface area (Å²) in [6.07, 6.45) is 1.35. The second kappa shape index (κ2) is 4.82. The maximum atomic E-state index is 12.1. The Kier molecular flexibility index (Phi) is 3.22. The molecular weight excluding hydrogens is 238 g/mol. The van der Waals surface area contributed by atoms with Crippen LogP contribution in [0.4, 0.5) is 0 Å². The number of hydrogen-bond acceptors (Lipinski definition) is 4. The van der Waals surface area contributed by atoms with Gasteiger partial charge in [-0.15, -0.1) is 0 Å². The van der Waals surface area contributed by atoms with Crippen LogP contribution < -0.4 is 5.32 Å². The van der Waals surface area contributed by atoms with Gasteiger partial charge in [0.1, 0.15) is 5.69 Å². The molecule has 0 radical (unpaired) electrons. The molecule has 0 unspecified atom stereocenters. The fraction of sp³-hybridized carbons (Fsp3) is 0.273. The summed E-state index contributed by atoms with van der Waals surface area (Å²) in [5.74, 6) is -2.02. The van der Waals surface area contributed by atoms with E-state index in [1.165, 1.54) is 23.2 Å². The number of hydrogen-bond donors (Lipinski definition) is 2. The molecule has 1 aromatic rings. The number of aromatic nitrogens is 1. The minimum absolute atomic E-state index is 0.0749. The summed E-state index contributed by atoms with van der Waals surface area (Å²) in [7, 11) is 0. The third-order valence-corrected chi connectivity index (χ3v) is 2.57. The fourth-order valence-corrected chi connectivity index (χ4v) is 1.71. The van der Waals surface area contributed by atoms with E-state index in [9.17, 15) is 14.4 Å². The molecule has 1 aromatic heterocycles. The Morgan fingerprint density at radius 2 is 2.22 bits per heavy atom. The van der Waals surface area contributed by atoms with E-state index >= 15 is 0 Å². The first-order valence-electron chi connectivity index (χ1n) is 5.34. The van der Waals surface area contributed by atoms with Crippen LogP contribution in [0.3, 0.4) is 0 Å². The Hall–Kier alpha value is -2.44. The molecule has 0 saturated carbocycles. The average Bonchev–Trinajstić information content (AvgIpc) is 2.38. The van der Waals surface area contributed by atoms with E-state index in [0.29, 0.717) is 13.1 Å². The molecule has 0 aliphatic carbocycles. The smallest absolute Gasteiger partial charge is 0.338 e. The van der Waals surface area contributed by atoms with E-state index < -0.39 is 11.9 Å². The van der Waals surface area contributed by atoms with Gasteiger partial charge in [-0.1, -0.05) is 0 Å². The van der Waals surface area contributed by atoms with E-state index in [1.54, 1.807) is 0 Å². The summed E-state index contributed by atoms with van der Waals surface area (Å²) in [6, 6.07) is 2.76. The third-order valence-electron chi connectivity index (χ3n) is 2.57. The van der Waals surface area contributed by atoms with Crippen molar-refractivity contribution in [3.8, 4) is 0 Å². The number of piperazine rings is 1. The Balaban J connectivity index is 2.28. The van der Waals surface area contributed by atoms with Crippen LogP contribution in [0.15, 0.2) is 18.3 Å². The van der Waals surface area contributed by atoms with E-state index in [2.05, 4.69) is 10.3 Å². The second-order valence-corrected chi connectivity index (χ2v) is 3.78. The zero-order chi connectivity index (χ0) is 13.1. The lowest BCUT2D eigenvalue weighted by molar-refractivity contribution is -0.123. The summed E-state index contributed by atoms with van der Waals surface area (Å²) in [4.78, 5) is 39.3. The lowest BCUT2D eigenvalue weighted by atomic mass is 10.1. The van der Waals surface area contributed by atoms with Crippen LogP contribution in [0.25, 0.3) is 0 Å². The molecule has 2 N–H and O–H groups in total. The number of nitrogens with one attached hydrogen (secondary N) is 1. The Bertz CT molecular complexity index is 515. The van der Waals surface area contributed by atoms with Crippen molar-refractivity contribution in [3.05, 3.63) is 29.6 Å². The highest BCUT2D eigenvalue weighted by atomic mass is 16.4. The van der Waals surface area contributed by atoms with Crippen molar-refractivity contribution in [1.29, 1.82) is 0 Å². The second-order valence-electron chi connectivity index (χ2n) is 3.78. The summed E-state index contributed by atoms with van der Waals surface area (Å²) < 4.78 is 0. The van der Waals surface area contributed by atoms with Crippen LogP contribution in [0.5, 0.6) is 0 Å². The fourth-order valence-electron chi connectivity index (χ4n) is 1.71. The van der Waals surface area contributed by atoms with Gasteiger partial charge in [-0.2, -0.15) is 0 Å². The van der Waals surface area contributed by atoms with E-state index in [1.807, 2.05) is 0 Å². The molecule has 1 aliphatic heterocycles. The normalized spacial score (nSPS) is 15.1. The number of aromatic carboxylic acids is 1. The van der Waals surface area contributed by atoms with Crippen LogP contribution in [-0.2, 0) is 4.79 Å². The van der Waals surface area contributed by atoms with Gasteiger partial charge in [0.25, 0.3) is 5.91 Å². The van der Waals surface area contributed by atoms with Crippen molar-refractivity contribution in [2.75, 3.05) is 19.6 Å². The molecule has 2 amide bonds. The van der Waals surface area contributed by atoms with Gasteiger partial charge in [0.15, 0.2) is 0 Å². The van der Waals surface area contributed by atoms with Crippen LogP contribution in [0.1, 0.15) is 20.8 Å². The largest absolute Gasteiger partial charge is 0.478 e. The van der Waals surface area contributed by atoms with Crippen LogP contribution in [0.2, 0.25) is 0 Å². The first kappa shape index (κ1) is 12.0. The SMILES string of the molecule is O=C1CN(C(=O)c2ncccc2C(=O)O)CCN1. The summed E-state index contributed by atoms with van der Waals surface area (Å²) in [6.45, 7) is 0.633. The predicted octanol–water partition coefficient (Wildman–Crippen LogP) is -0.648. The van der Waals surface area contributed by atoms with Gasteiger partial charge >= 0.3 is 5.97 Å². The number of carbonyl (C=O) groups is 3. The Morgan fingerprint density at radius 3 is 2.89 bits per heavy atom. The highest BCUT2D eigenvalue weighted by molar-refractivity contribution is 6.04. The van der Waals surface area contributed by atoms with Crippen LogP contribution >= 0.6 is 0 Å². The topological polar surface area (TPSA) is 99.6 Å². The zero-order valence-corrected chi connectivity index (χ0v) is 9.42. The van der Waals surface area contributed by atoms with Crippen molar-refractivity contribution >= 4 is 17.8 Å². The van der Waals surface area contributed by atoms with Gasteiger partial charge in [-0.25, -0.2) is 4.79 Å². The Labute approximate surface area is 102 Å². The summed E-state index contributed by atoms with van der Waals surface area (Å²) in [5.41, 5.74) is -0.298. The van der Waals surface area contributed by atoms with Gasteiger partial charge in [-0.3, -0.25) is 14.6 Å². The molecule has 7 heteroatoms. The molecule has 7 nitrogen and oxygen atoms in total. The number of carboxylic acid groups (broad SMARTS) is 1. The Morgan fingerprint density at radius 1 is 1.44 bits per heavy atom. The number of amides is 2. The van der Waals surface area contributed by atoms with Crippen LogP contribution in [-0.4, -0.2) is 52.4 Å². The van der Waals surface area contributed by atoms with Crippen molar-refractivity contribution in [2.45, 2.75) is 0 Å². The van der Waals surface area contributed by atoms with Crippen molar-refractivity contribution in [1.82, 2.24) is 15.2 Å². The van der Waals surface area contributed by atoms with Crippen LogP contribution in [0, 0.1) is 0 Å². The molecule has 0 spiro atoms. The molecular formula is C11H11N3O4. The molecule has 0 atom stereocenters. The lowest BCUT2D eigenvalue weighted by Gasteiger charge is -2.26. The minimum atomic E-state index is -1.21. The van der Waals surface area contributed by atoms with E-state index in [4.69, 9.17) is 5.11 Å². The van der Waals surface area contributed by atoms with Crippen molar-refractivity contribution in [3.63, 3.8) is 0 Å². The number of carboxylic acids is 1. The summed E-state index contributed by atoms with van der Waals surface area (Å²) in [5, 5.41) is 11.6. The van der Waals surface area contributed by atoms with Gasteiger partial charge in [0.05, 0.1) is 12.1 Å². The van der Waals surface area contributed by atoms with Crippen molar-refractivity contribution in [2.24, 2.45) is 0 Å². The maximum absolute atomic E-state index is 12.1. The quantitative estimate of drug-likeness (QED) is 0.725. The number of carbonyl (C=O) groups excluding carboxylic acids is 2. The average molecular weight is 249 g/mol. The standard InChI is InChI=1S/C11H11N3O4/c15-8-6-14(5-4-12-8)10(16)9-7(11(17)18)2-1-3-13-9/h1-3H,4-6H2,(H,12,15)(H,17,18). The molecule has 1 aliphatic rings. The first-order valence-corrected chi connectivity index (χ1v) is 5.34. The highest BCUT2D eigenvalue weighted by Crippen LogP contribution is 2.09. The third kappa shape index (κ3) is 2.29. The molecule has 94 valence electrons.